The molecular weight excluding hydrogens is 382 g/mol. The van der Waals surface area contributed by atoms with Crippen LogP contribution < -0.4 is 5.32 Å². The topological polar surface area (TPSA) is 94.5 Å². The number of nitrogens with one attached hydrogen (secondary N) is 1. The first-order chi connectivity index (χ1) is 15.8. The lowest BCUT2D eigenvalue weighted by Crippen LogP contribution is -2.28. The van der Waals surface area contributed by atoms with Gasteiger partial charge in [-0.05, 0) is 43.5 Å². The van der Waals surface area contributed by atoms with Crippen LogP contribution in [0.2, 0.25) is 0 Å². The maximum atomic E-state index is 12.9. The SMILES string of the molecule is [2H]C([2H])([2H])OC1CC(c2nc(-c3ccc(C)c(NC(=O)c4cnc5ccccn45)c3)no2)C1. The zero-order valence-electron chi connectivity index (χ0n) is 19.2. The Morgan fingerprint density at radius 3 is 3.10 bits per heavy atom. The Morgan fingerprint density at radius 1 is 1.33 bits per heavy atom. The number of aromatic nitrogens is 4. The van der Waals surface area contributed by atoms with Crippen LogP contribution in [0.1, 0.15) is 44.8 Å². The van der Waals surface area contributed by atoms with Crippen molar-refractivity contribution in [3.05, 3.63) is 65.9 Å². The van der Waals surface area contributed by atoms with Crippen LogP contribution in [0.25, 0.3) is 17.0 Å². The summed E-state index contributed by atoms with van der Waals surface area (Å²) in [6.45, 7) is 1.90. The number of carbonyl (C=O) groups excluding carboxylic acids is 1. The predicted molar refractivity (Wildman–Crippen MR) is 110 cm³/mol. The summed E-state index contributed by atoms with van der Waals surface area (Å²) in [5.41, 5.74) is 3.32. The molecule has 5 rings (SSSR count). The molecule has 1 saturated carbocycles. The molecule has 152 valence electrons. The quantitative estimate of drug-likeness (QED) is 0.541. The van der Waals surface area contributed by atoms with E-state index in [9.17, 15) is 4.79 Å². The summed E-state index contributed by atoms with van der Waals surface area (Å²) in [5, 5.41) is 7.00. The van der Waals surface area contributed by atoms with Gasteiger partial charge in [-0.3, -0.25) is 9.20 Å². The molecule has 4 aromatic rings. The Balaban J connectivity index is 1.31. The zero-order chi connectivity index (χ0) is 23.2. The Hall–Kier alpha value is -3.52. The van der Waals surface area contributed by atoms with Crippen molar-refractivity contribution >= 4 is 17.2 Å². The van der Waals surface area contributed by atoms with Gasteiger partial charge in [0, 0.05) is 30.4 Å². The highest BCUT2D eigenvalue weighted by molar-refractivity contribution is 6.04. The summed E-state index contributed by atoms with van der Waals surface area (Å²) in [4.78, 5) is 21.6. The van der Waals surface area contributed by atoms with E-state index in [0.29, 0.717) is 47.1 Å². The van der Waals surface area contributed by atoms with Crippen LogP contribution in [-0.4, -0.2) is 38.6 Å². The number of nitrogens with zero attached hydrogens (tertiary/aromatic N) is 4. The van der Waals surface area contributed by atoms with Crippen molar-refractivity contribution in [3.8, 4) is 11.4 Å². The van der Waals surface area contributed by atoms with Crippen molar-refractivity contribution in [2.75, 3.05) is 12.4 Å². The molecule has 8 nitrogen and oxygen atoms in total. The molecule has 1 aliphatic rings. The van der Waals surface area contributed by atoms with Crippen LogP contribution in [0.3, 0.4) is 0 Å². The smallest absolute Gasteiger partial charge is 0.274 e. The lowest BCUT2D eigenvalue weighted by atomic mass is 9.82. The lowest BCUT2D eigenvalue weighted by Gasteiger charge is -2.31. The Morgan fingerprint density at radius 2 is 2.23 bits per heavy atom. The molecule has 1 N–H and O–H groups in total. The number of rotatable bonds is 5. The Labute approximate surface area is 177 Å². The third-order valence-corrected chi connectivity index (χ3v) is 5.45. The Kier molecular flexibility index (Phi) is 3.77. The van der Waals surface area contributed by atoms with Crippen LogP contribution in [0.4, 0.5) is 5.69 Å². The van der Waals surface area contributed by atoms with Crippen LogP contribution in [0, 0.1) is 6.92 Å². The van der Waals surface area contributed by atoms with Gasteiger partial charge in [-0.1, -0.05) is 23.4 Å². The number of anilines is 1. The van der Waals surface area contributed by atoms with Crippen molar-refractivity contribution in [1.29, 1.82) is 0 Å². The van der Waals surface area contributed by atoms with Gasteiger partial charge >= 0.3 is 0 Å². The van der Waals surface area contributed by atoms with Gasteiger partial charge in [0.1, 0.15) is 11.3 Å². The molecule has 30 heavy (non-hydrogen) atoms. The molecule has 3 heterocycles. The second kappa shape index (κ2) is 7.38. The van der Waals surface area contributed by atoms with Gasteiger partial charge in [0.25, 0.3) is 5.91 Å². The number of ether oxygens (including phenoxy) is 1. The number of pyridine rings is 1. The minimum Gasteiger partial charge on any atom is -0.381 e. The van der Waals surface area contributed by atoms with Gasteiger partial charge in [0.05, 0.1) is 16.4 Å². The molecule has 0 spiro atoms. The summed E-state index contributed by atoms with van der Waals surface area (Å²) in [6.07, 6.45) is 4.04. The molecular formula is C22H21N5O3. The van der Waals surface area contributed by atoms with E-state index < -0.39 is 7.04 Å². The number of fused-ring (bicyclic) bond motifs is 1. The first-order valence-corrected chi connectivity index (χ1v) is 9.63. The van der Waals surface area contributed by atoms with Crippen LogP contribution in [0.15, 0.2) is 53.3 Å². The molecule has 1 aliphatic carbocycles. The van der Waals surface area contributed by atoms with E-state index in [-0.39, 0.29) is 17.9 Å². The minimum absolute atomic E-state index is 0.0293. The number of methoxy groups -OCH3 is 1. The molecule has 0 unspecified atom stereocenters. The maximum Gasteiger partial charge on any atom is 0.274 e. The molecule has 1 amide bonds. The maximum absolute atomic E-state index is 12.9. The molecule has 0 radical (unpaired) electrons. The average Bonchev–Trinajstić information content (AvgIpc) is 3.38. The number of imidazole rings is 1. The van der Waals surface area contributed by atoms with Gasteiger partial charge in [0.15, 0.2) is 0 Å². The molecule has 0 bridgehead atoms. The molecule has 1 fully saturated rings. The molecule has 0 saturated heterocycles. The van der Waals surface area contributed by atoms with E-state index in [1.165, 1.54) is 6.20 Å². The van der Waals surface area contributed by atoms with Gasteiger partial charge in [-0.2, -0.15) is 4.98 Å². The number of carbonyl (C=O) groups is 1. The van der Waals surface area contributed by atoms with E-state index in [0.717, 1.165) is 5.56 Å². The normalized spacial score (nSPS) is 20.2. The van der Waals surface area contributed by atoms with E-state index in [1.807, 2.05) is 37.3 Å². The van der Waals surface area contributed by atoms with Gasteiger partial charge in [-0.15, -0.1) is 0 Å². The number of benzene rings is 1. The number of amides is 1. The first kappa shape index (κ1) is 15.3. The van der Waals surface area contributed by atoms with Gasteiger partial charge in [-0.25, -0.2) is 4.98 Å². The number of hydrogen-bond acceptors (Lipinski definition) is 6. The summed E-state index contributed by atoms with van der Waals surface area (Å²) in [6, 6.07) is 11.1. The number of aryl methyl sites for hydroxylation is 1. The molecule has 1 aromatic carbocycles. The monoisotopic (exact) mass is 406 g/mol. The van der Waals surface area contributed by atoms with E-state index in [4.69, 9.17) is 13.4 Å². The molecule has 0 aliphatic heterocycles. The first-order valence-electron chi connectivity index (χ1n) is 11.1. The molecule has 3 aromatic heterocycles. The highest BCUT2D eigenvalue weighted by Gasteiger charge is 2.34. The average molecular weight is 406 g/mol. The van der Waals surface area contributed by atoms with E-state index >= 15 is 0 Å². The van der Waals surface area contributed by atoms with Crippen molar-refractivity contribution in [3.63, 3.8) is 0 Å². The van der Waals surface area contributed by atoms with Crippen molar-refractivity contribution in [2.24, 2.45) is 0 Å². The van der Waals surface area contributed by atoms with Crippen molar-refractivity contribution in [1.82, 2.24) is 19.5 Å². The van der Waals surface area contributed by atoms with Crippen LogP contribution in [-0.2, 0) is 4.74 Å². The lowest BCUT2D eigenvalue weighted by molar-refractivity contribution is 0.0176. The third kappa shape index (κ3) is 3.25. The zero-order valence-corrected chi connectivity index (χ0v) is 16.2. The predicted octanol–water partition coefficient (Wildman–Crippen LogP) is 3.84. The fourth-order valence-corrected chi connectivity index (χ4v) is 3.56. The van der Waals surface area contributed by atoms with E-state index in [2.05, 4.69) is 20.4 Å². The highest BCUT2D eigenvalue weighted by Crippen LogP contribution is 2.38. The third-order valence-electron chi connectivity index (χ3n) is 5.45. The standard InChI is InChI=1S/C22H21N5O3/c1-13-6-7-14(20-25-22(30-26-20)15-9-16(10-15)29-2)11-17(13)24-21(28)18-12-23-19-5-3-4-8-27(18)19/h3-8,11-12,15-16H,9-10H2,1-2H3,(H,24,28)/i2D3. The second-order valence-corrected chi connectivity index (χ2v) is 7.42. The largest absolute Gasteiger partial charge is 0.381 e. The molecule has 8 heteroatoms. The van der Waals surface area contributed by atoms with E-state index in [1.54, 1.807) is 16.7 Å². The van der Waals surface area contributed by atoms with Crippen LogP contribution >= 0.6 is 0 Å². The summed E-state index contributed by atoms with van der Waals surface area (Å²) in [7, 11) is -2.40. The fraction of sp³-hybridized carbons (Fsp3) is 0.273. The fourth-order valence-electron chi connectivity index (χ4n) is 3.56. The summed E-state index contributed by atoms with van der Waals surface area (Å²) in [5.74, 6) is 0.540. The minimum atomic E-state index is -2.40. The van der Waals surface area contributed by atoms with Gasteiger partial charge in [0.2, 0.25) is 11.7 Å². The van der Waals surface area contributed by atoms with Crippen LogP contribution in [0.5, 0.6) is 0 Å². The number of hydrogen-bond donors (Lipinski definition) is 1. The van der Waals surface area contributed by atoms with Crippen molar-refractivity contribution in [2.45, 2.75) is 31.8 Å². The second-order valence-electron chi connectivity index (χ2n) is 7.42. The molecule has 0 atom stereocenters. The van der Waals surface area contributed by atoms with Crippen molar-refractivity contribution < 1.29 is 18.2 Å². The van der Waals surface area contributed by atoms with Gasteiger partial charge < -0.3 is 14.6 Å². The highest BCUT2D eigenvalue weighted by atomic mass is 16.5. The Bertz CT molecular complexity index is 1320. The summed E-state index contributed by atoms with van der Waals surface area (Å²) < 4.78 is 33.7. The summed E-state index contributed by atoms with van der Waals surface area (Å²) >= 11 is 0.